The zero-order chi connectivity index (χ0) is 19.3. The van der Waals surface area contributed by atoms with E-state index in [1.165, 1.54) is 19.4 Å². The molecule has 0 radical (unpaired) electrons. The topological polar surface area (TPSA) is 102 Å². The van der Waals surface area contributed by atoms with Crippen molar-refractivity contribution >= 4 is 29.2 Å². The Balaban J connectivity index is 2.16. The number of pyridine rings is 1. The smallest absolute Gasteiger partial charge is 0.339 e. The number of nitriles is 1. The first-order valence-corrected chi connectivity index (χ1v) is 8.10. The first kappa shape index (κ1) is 19.8. The molecule has 2 aromatic rings. The lowest BCUT2D eigenvalue weighted by Crippen LogP contribution is -2.32. The van der Waals surface area contributed by atoms with Crippen LogP contribution in [-0.4, -0.2) is 35.5 Å². The first-order chi connectivity index (χ1) is 12.3. The standard InChI is InChI=1S/C17H14Cl2N2O5/c1-25-17(24)11-4-10(6-20)16(23)21(7-11)8-13(22)9-26-15-5-12(18)2-3-14(15)19/h2-5,7,13,22H,8-9H2,1H3/t13-/m1/s1. The normalized spacial score (nSPS) is 11.5. The van der Waals surface area contributed by atoms with E-state index in [2.05, 4.69) is 4.74 Å². The third kappa shape index (κ3) is 4.76. The zero-order valence-electron chi connectivity index (χ0n) is 13.6. The molecule has 1 N–H and O–H groups in total. The molecule has 1 aromatic carbocycles. The molecule has 0 spiro atoms. The third-order valence-electron chi connectivity index (χ3n) is 3.36. The molecule has 0 unspecified atom stereocenters. The van der Waals surface area contributed by atoms with Crippen LogP contribution in [0.3, 0.4) is 0 Å². The van der Waals surface area contributed by atoms with Gasteiger partial charge in [0.1, 0.15) is 30.1 Å². The number of aromatic nitrogens is 1. The Labute approximate surface area is 158 Å². The largest absolute Gasteiger partial charge is 0.489 e. The van der Waals surface area contributed by atoms with Crippen molar-refractivity contribution in [2.45, 2.75) is 12.6 Å². The number of rotatable bonds is 6. The summed E-state index contributed by atoms with van der Waals surface area (Å²) in [6.07, 6.45) is 0.104. The number of ether oxygens (including phenoxy) is 2. The van der Waals surface area contributed by atoms with Crippen LogP contribution in [0.15, 0.2) is 35.3 Å². The molecular weight excluding hydrogens is 383 g/mol. The Morgan fingerprint density at radius 1 is 1.38 bits per heavy atom. The number of aliphatic hydroxyl groups excluding tert-OH is 1. The molecule has 0 amide bonds. The summed E-state index contributed by atoms with van der Waals surface area (Å²) in [5.74, 6) is -0.418. The average molecular weight is 397 g/mol. The van der Waals surface area contributed by atoms with Crippen molar-refractivity contribution in [1.29, 1.82) is 5.26 Å². The predicted octanol–water partition coefficient (Wildman–Crippen LogP) is 2.25. The van der Waals surface area contributed by atoms with E-state index in [4.69, 9.17) is 33.2 Å². The monoisotopic (exact) mass is 396 g/mol. The van der Waals surface area contributed by atoms with Crippen LogP contribution in [0.2, 0.25) is 10.0 Å². The minimum absolute atomic E-state index is 0.0228. The molecule has 2 rings (SSSR count). The Hall–Kier alpha value is -2.53. The highest BCUT2D eigenvalue weighted by Crippen LogP contribution is 2.27. The Kier molecular flexibility index (Phi) is 6.64. The van der Waals surface area contributed by atoms with E-state index in [9.17, 15) is 14.7 Å². The lowest BCUT2D eigenvalue weighted by atomic mass is 10.2. The minimum Gasteiger partial charge on any atom is -0.489 e. The summed E-state index contributed by atoms with van der Waals surface area (Å²) in [5, 5.41) is 19.9. The molecule has 1 heterocycles. The molecule has 0 saturated carbocycles. The Morgan fingerprint density at radius 2 is 2.12 bits per heavy atom. The molecule has 9 heteroatoms. The predicted molar refractivity (Wildman–Crippen MR) is 94.7 cm³/mol. The second-order valence-electron chi connectivity index (χ2n) is 5.24. The summed E-state index contributed by atoms with van der Waals surface area (Å²) in [4.78, 5) is 23.8. The fourth-order valence-electron chi connectivity index (χ4n) is 2.13. The number of methoxy groups -OCH3 is 1. The second-order valence-corrected chi connectivity index (χ2v) is 6.09. The van der Waals surface area contributed by atoms with Gasteiger partial charge in [-0.25, -0.2) is 4.79 Å². The van der Waals surface area contributed by atoms with Crippen molar-refractivity contribution in [3.8, 4) is 11.8 Å². The summed E-state index contributed by atoms with van der Waals surface area (Å²) >= 11 is 11.8. The lowest BCUT2D eigenvalue weighted by Gasteiger charge is -2.15. The van der Waals surface area contributed by atoms with Crippen molar-refractivity contribution in [3.63, 3.8) is 0 Å². The Bertz CT molecular complexity index is 920. The van der Waals surface area contributed by atoms with Crippen LogP contribution in [0, 0.1) is 11.3 Å². The summed E-state index contributed by atoms with van der Waals surface area (Å²) in [5.41, 5.74) is -0.853. The number of halogens is 2. The number of hydrogen-bond donors (Lipinski definition) is 1. The highest BCUT2D eigenvalue weighted by molar-refractivity contribution is 6.34. The number of carbonyl (C=O) groups excluding carboxylic acids is 1. The fraction of sp³-hybridized carbons (Fsp3) is 0.235. The second kappa shape index (κ2) is 8.72. The quantitative estimate of drug-likeness (QED) is 0.751. The molecule has 0 aliphatic heterocycles. The molecule has 0 fully saturated rings. The van der Waals surface area contributed by atoms with E-state index in [1.54, 1.807) is 18.2 Å². The molecule has 7 nitrogen and oxygen atoms in total. The van der Waals surface area contributed by atoms with Crippen molar-refractivity contribution < 1.29 is 19.4 Å². The number of nitrogens with zero attached hydrogens (tertiary/aromatic N) is 2. The summed E-state index contributed by atoms with van der Waals surface area (Å²) < 4.78 is 11.0. The van der Waals surface area contributed by atoms with Gasteiger partial charge in [-0.3, -0.25) is 4.79 Å². The molecule has 136 valence electrons. The Morgan fingerprint density at radius 3 is 2.77 bits per heavy atom. The van der Waals surface area contributed by atoms with Crippen molar-refractivity contribution in [2.75, 3.05) is 13.7 Å². The summed E-state index contributed by atoms with van der Waals surface area (Å²) in [6, 6.07) is 7.49. The fourth-order valence-corrected chi connectivity index (χ4v) is 2.47. The van der Waals surface area contributed by atoms with Gasteiger partial charge in [-0.05, 0) is 18.2 Å². The van der Waals surface area contributed by atoms with Crippen LogP contribution < -0.4 is 10.3 Å². The molecule has 26 heavy (non-hydrogen) atoms. The van der Waals surface area contributed by atoms with Crippen LogP contribution in [-0.2, 0) is 11.3 Å². The SMILES string of the molecule is COC(=O)c1cc(C#N)c(=O)n(C[C@@H](O)COc2cc(Cl)ccc2Cl)c1. The van der Waals surface area contributed by atoms with Crippen molar-refractivity contribution in [3.05, 3.63) is 62.0 Å². The van der Waals surface area contributed by atoms with Gasteiger partial charge in [0.05, 0.1) is 24.2 Å². The van der Waals surface area contributed by atoms with Gasteiger partial charge in [-0.15, -0.1) is 0 Å². The number of benzene rings is 1. The van der Waals surface area contributed by atoms with Gasteiger partial charge in [0.25, 0.3) is 5.56 Å². The zero-order valence-corrected chi connectivity index (χ0v) is 15.1. The van der Waals surface area contributed by atoms with Gasteiger partial charge < -0.3 is 19.1 Å². The molecule has 1 aromatic heterocycles. The van der Waals surface area contributed by atoms with E-state index in [-0.39, 0.29) is 30.0 Å². The summed E-state index contributed by atoms with van der Waals surface area (Å²) in [6.45, 7) is -0.382. The van der Waals surface area contributed by atoms with Gasteiger partial charge in [-0.1, -0.05) is 23.2 Å². The highest BCUT2D eigenvalue weighted by atomic mass is 35.5. The number of esters is 1. The third-order valence-corrected chi connectivity index (χ3v) is 3.91. The molecule has 0 aliphatic rings. The average Bonchev–Trinajstić information content (AvgIpc) is 2.63. The van der Waals surface area contributed by atoms with E-state index in [1.807, 2.05) is 0 Å². The van der Waals surface area contributed by atoms with Crippen LogP contribution >= 0.6 is 23.2 Å². The summed E-state index contributed by atoms with van der Waals surface area (Å²) in [7, 11) is 1.18. The van der Waals surface area contributed by atoms with E-state index in [0.29, 0.717) is 10.0 Å². The van der Waals surface area contributed by atoms with Crippen LogP contribution in [0.1, 0.15) is 15.9 Å². The van der Waals surface area contributed by atoms with Crippen LogP contribution in [0.5, 0.6) is 5.75 Å². The first-order valence-electron chi connectivity index (χ1n) is 7.34. The van der Waals surface area contributed by atoms with Crippen molar-refractivity contribution in [2.24, 2.45) is 0 Å². The van der Waals surface area contributed by atoms with Crippen LogP contribution in [0.25, 0.3) is 0 Å². The van der Waals surface area contributed by atoms with E-state index >= 15 is 0 Å². The van der Waals surface area contributed by atoms with Gasteiger partial charge in [0.2, 0.25) is 0 Å². The van der Waals surface area contributed by atoms with Crippen molar-refractivity contribution in [1.82, 2.24) is 4.57 Å². The number of carbonyl (C=O) groups is 1. The molecule has 1 atom stereocenters. The van der Waals surface area contributed by atoms with Gasteiger partial charge >= 0.3 is 5.97 Å². The van der Waals surface area contributed by atoms with E-state index < -0.39 is 17.6 Å². The van der Waals surface area contributed by atoms with E-state index in [0.717, 1.165) is 10.6 Å². The maximum Gasteiger partial charge on any atom is 0.339 e. The van der Waals surface area contributed by atoms with Crippen LogP contribution in [0.4, 0.5) is 0 Å². The number of aliphatic hydroxyl groups is 1. The lowest BCUT2D eigenvalue weighted by molar-refractivity contribution is 0.0597. The number of hydrogen-bond acceptors (Lipinski definition) is 6. The van der Waals surface area contributed by atoms with Gasteiger partial charge in [0.15, 0.2) is 0 Å². The maximum atomic E-state index is 12.2. The van der Waals surface area contributed by atoms with Gasteiger partial charge in [0, 0.05) is 17.3 Å². The molecule has 0 saturated heterocycles. The molecular formula is C17H14Cl2N2O5. The maximum absolute atomic E-state index is 12.2. The highest BCUT2D eigenvalue weighted by Gasteiger charge is 2.15. The molecule has 0 aliphatic carbocycles. The molecule has 0 bridgehead atoms. The minimum atomic E-state index is -1.11. The van der Waals surface area contributed by atoms with Gasteiger partial charge in [-0.2, -0.15) is 5.26 Å².